The van der Waals surface area contributed by atoms with Gasteiger partial charge in [0.15, 0.2) is 11.3 Å². The van der Waals surface area contributed by atoms with Crippen LogP contribution in [-0.4, -0.2) is 83.7 Å². The van der Waals surface area contributed by atoms with Gasteiger partial charge in [-0.15, -0.1) is 0 Å². The monoisotopic (exact) mass is 659 g/mol. The number of benzene rings is 1. The average molecular weight is 660 g/mol. The Hall–Kier alpha value is -4.20. The maximum atomic E-state index is 12.5. The van der Waals surface area contributed by atoms with Crippen LogP contribution in [0, 0.1) is 0 Å². The number of esters is 1. The molecule has 2 aliphatic rings. The largest absolute Gasteiger partial charge is 0.457 e. The molecule has 10 nitrogen and oxygen atoms in total. The lowest BCUT2D eigenvalue weighted by Gasteiger charge is -2.42. The fraction of sp³-hybridized carbons (Fsp3) is 0.375. The van der Waals surface area contributed by atoms with Crippen molar-refractivity contribution in [1.82, 2.24) is 25.1 Å². The van der Waals surface area contributed by atoms with Gasteiger partial charge in [-0.2, -0.15) is 13.2 Å². The molecule has 1 aromatic carbocycles. The number of aromatic nitrogens is 2. The SMILES string of the molecule is CC(C)(c1ncc(-c2ccc(Cl)cc2)o1)N1CCN(C[C@@H]2C/C(=C/c3cc4ccncc4o3)C(=O)O2)CC1.O=CNCC(F)(F)F. The molecule has 5 heterocycles. The highest BCUT2D eigenvalue weighted by molar-refractivity contribution is 6.30. The zero-order valence-electron chi connectivity index (χ0n) is 25.2. The number of oxazole rings is 1. The number of rotatable bonds is 8. The number of fused-ring (bicyclic) bond motifs is 1. The molecule has 1 amide bonds. The summed E-state index contributed by atoms with van der Waals surface area (Å²) in [5.41, 5.74) is 1.94. The van der Waals surface area contributed by atoms with Crippen LogP contribution in [0.4, 0.5) is 13.2 Å². The number of alkyl halides is 3. The summed E-state index contributed by atoms with van der Waals surface area (Å²) in [7, 11) is 0. The first-order valence-corrected chi connectivity index (χ1v) is 15.0. The maximum absolute atomic E-state index is 12.5. The fourth-order valence-electron chi connectivity index (χ4n) is 5.34. The first kappa shape index (κ1) is 33.2. The van der Waals surface area contributed by atoms with Crippen LogP contribution in [0.3, 0.4) is 0 Å². The summed E-state index contributed by atoms with van der Waals surface area (Å²) < 4.78 is 50.7. The predicted molar refractivity (Wildman–Crippen MR) is 165 cm³/mol. The number of hydrogen-bond acceptors (Lipinski definition) is 9. The van der Waals surface area contributed by atoms with Crippen LogP contribution in [0.5, 0.6) is 0 Å². The Morgan fingerprint density at radius 1 is 1.07 bits per heavy atom. The maximum Gasteiger partial charge on any atom is 0.405 e. The molecule has 4 aromatic rings. The summed E-state index contributed by atoms with van der Waals surface area (Å²) in [6, 6.07) is 11.4. The van der Waals surface area contributed by atoms with Gasteiger partial charge in [0, 0.05) is 66.9 Å². The highest BCUT2D eigenvalue weighted by Crippen LogP contribution is 2.32. The van der Waals surface area contributed by atoms with E-state index in [-0.39, 0.29) is 24.0 Å². The van der Waals surface area contributed by atoms with Gasteiger partial charge in [0.2, 0.25) is 12.3 Å². The molecule has 244 valence electrons. The number of cyclic esters (lactones) is 1. The van der Waals surface area contributed by atoms with Gasteiger partial charge in [0.05, 0.1) is 17.9 Å². The Morgan fingerprint density at radius 3 is 2.46 bits per heavy atom. The smallest absolute Gasteiger partial charge is 0.405 e. The second kappa shape index (κ2) is 14.1. The van der Waals surface area contributed by atoms with E-state index in [2.05, 4.69) is 33.6 Å². The predicted octanol–water partition coefficient (Wildman–Crippen LogP) is 5.68. The number of ether oxygens (including phenoxy) is 1. The molecule has 2 aliphatic heterocycles. The first-order chi connectivity index (χ1) is 21.9. The number of hydrogen-bond donors (Lipinski definition) is 1. The topological polar surface area (TPSA) is 114 Å². The Kier molecular flexibility index (Phi) is 10.1. The van der Waals surface area contributed by atoms with Gasteiger partial charge >= 0.3 is 12.1 Å². The molecule has 3 aromatic heterocycles. The zero-order valence-corrected chi connectivity index (χ0v) is 26.0. The van der Waals surface area contributed by atoms with Crippen LogP contribution in [0.1, 0.15) is 31.9 Å². The molecule has 0 aliphatic carbocycles. The molecule has 0 saturated carbocycles. The van der Waals surface area contributed by atoms with Crippen LogP contribution in [0.15, 0.2) is 69.4 Å². The first-order valence-electron chi connectivity index (χ1n) is 14.6. The zero-order chi connectivity index (χ0) is 32.9. The molecule has 0 bridgehead atoms. The van der Waals surface area contributed by atoms with Crippen molar-refractivity contribution in [3.8, 4) is 11.3 Å². The fourth-order valence-corrected chi connectivity index (χ4v) is 5.47. The van der Waals surface area contributed by atoms with Crippen LogP contribution in [0.2, 0.25) is 5.02 Å². The Morgan fingerprint density at radius 2 is 1.80 bits per heavy atom. The lowest BCUT2D eigenvalue weighted by atomic mass is 10.0. The minimum absolute atomic E-state index is 0.00743. The Labute approximate surface area is 268 Å². The molecular formula is C32H33ClF3N5O5. The van der Waals surface area contributed by atoms with Gasteiger partial charge in [-0.25, -0.2) is 9.78 Å². The van der Waals surface area contributed by atoms with Gasteiger partial charge in [-0.05, 0) is 56.3 Å². The summed E-state index contributed by atoms with van der Waals surface area (Å²) in [6.07, 6.45) is 3.09. The lowest BCUT2D eigenvalue weighted by molar-refractivity contribution is -0.139. The van der Waals surface area contributed by atoms with Gasteiger partial charge in [0.1, 0.15) is 18.4 Å². The van der Waals surface area contributed by atoms with Crippen molar-refractivity contribution in [2.24, 2.45) is 0 Å². The van der Waals surface area contributed by atoms with Crippen LogP contribution in [-0.2, 0) is 19.9 Å². The van der Waals surface area contributed by atoms with E-state index in [0.29, 0.717) is 40.8 Å². The summed E-state index contributed by atoms with van der Waals surface area (Å²) >= 11 is 6.01. The van der Waals surface area contributed by atoms with Crippen molar-refractivity contribution in [3.05, 3.63) is 77.2 Å². The van der Waals surface area contributed by atoms with Gasteiger partial charge < -0.3 is 18.9 Å². The minimum atomic E-state index is -4.29. The number of nitrogens with one attached hydrogen (secondary N) is 1. The number of carbonyl (C=O) groups excluding carboxylic acids is 2. The molecule has 1 N–H and O–H groups in total. The molecule has 0 spiro atoms. The molecule has 6 rings (SSSR count). The Bertz CT molecular complexity index is 1640. The van der Waals surface area contributed by atoms with Crippen molar-refractivity contribution in [2.45, 2.75) is 38.1 Å². The summed E-state index contributed by atoms with van der Waals surface area (Å²) in [4.78, 5) is 35.2. The molecule has 2 saturated heterocycles. The molecule has 14 heteroatoms. The van der Waals surface area contributed by atoms with E-state index < -0.39 is 12.7 Å². The van der Waals surface area contributed by atoms with Crippen LogP contribution < -0.4 is 5.32 Å². The number of amides is 1. The number of carbonyl (C=O) groups is 2. The quantitative estimate of drug-likeness (QED) is 0.145. The number of halogens is 4. The van der Waals surface area contributed by atoms with Crippen molar-refractivity contribution in [1.29, 1.82) is 0 Å². The van der Waals surface area contributed by atoms with Crippen LogP contribution in [0.25, 0.3) is 28.4 Å². The number of piperazine rings is 1. The molecule has 1 atom stereocenters. The van der Waals surface area contributed by atoms with E-state index in [1.54, 1.807) is 24.7 Å². The van der Waals surface area contributed by atoms with Crippen molar-refractivity contribution >= 4 is 41.0 Å². The second-order valence-corrected chi connectivity index (χ2v) is 11.9. The molecular weight excluding hydrogens is 627 g/mol. The molecule has 2 fully saturated rings. The highest BCUT2D eigenvalue weighted by atomic mass is 35.5. The van der Waals surface area contributed by atoms with Crippen molar-refractivity contribution < 1.29 is 36.3 Å². The van der Waals surface area contributed by atoms with Gasteiger partial charge in [0.25, 0.3) is 0 Å². The molecule has 0 unspecified atom stereocenters. The van der Waals surface area contributed by atoms with E-state index in [0.717, 1.165) is 42.9 Å². The van der Waals surface area contributed by atoms with E-state index in [9.17, 15) is 22.8 Å². The van der Waals surface area contributed by atoms with E-state index in [4.69, 9.17) is 25.2 Å². The number of furan rings is 1. The molecule has 0 radical (unpaired) electrons. The number of pyridine rings is 1. The van der Waals surface area contributed by atoms with Gasteiger partial charge in [-0.3, -0.25) is 19.6 Å². The standard InChI is InChI=1S/C29H29ClN4O4.C3H4F3NO/c1-29(2,28-32-17-26(38-28)19-3-5-22(30)6-4-19)34-11-9-33(10-12-34)18-24-15-21(27(35)37-24)14-23-13-20-7-8-31-16-25(20)36-23;4-3(5,6)1-7-2-8/h3-8,13-14,16-17,24H,9-12,15,18H2,1-2H3;2H,1H2,(H,7,8)/b21-14-;/t24-;/m0./s1. The third-order valence-corrected chi connectivity index (χ3v) is 8.06. The summed E-state index contributed by atoms with van der Waals surface area (Å²) in [6.45, 7) is 7.21. The molecule has 46 heavy (non-hydrogen) atoms. The van der Waals surface area contributed by atoms with E-state index in [1.807, 2.05) is 36.4 Å². The number of nitrogens with zero attached hydrogens (tertiary/aromatic N) is 4. The summed E-state index contributed by atoms with van der Waals surface area (Å²) in [5.74, 6) is 1.79. The normalized spacial score (nSPS) is 18.8. The van der Waals surface area contributed by atoms with Crippen LogP contribution >= 0.6 is 11.6 Å². The lowest BCUT2D eigenvalue weighted by Crippen LogP contribution is -2.54. The second-order valence-electron chi connectivity index (χ2n) is 11.5. The van der Waals surface area contributed by atoms with E-state index in [1.165, 1.54) is 5.32 Å². The van der Waals surface area contributed by atoms with Crippen molar-refractivity contribution in [2.75, 3.05) is 39.3 Å². The van der Waals surface area contributed by atoms with Gasteiger partial charge in [-0.1, -0.05) is 11.6 Å². The third kappa shape index (κ3) is 8.33. The van der Waals surface area contributed by atoms with E-state index >= 15 is 0 Å². The Balaban J connectivity index is 0.000000463. The van der Waals surface area contributed by atoms with Crippen molar-refractivity contribution in [3.63, 3.8) is 0 Å². The third-order valence-electron chi connectivity index (χ3n) is 7.81. The minimum Gasteiger partial charge on any atom is -0.457 e. The highest BCUT2D eigenvalue weighted by Gasteiger charge is 2.37. The average Bonchev–Trinajstić information content (AvgIpc) is 3.76. The summed E-state index contributed by atoms with van der Waals surface area (Å²) in [5, 5.41) is 3.13.